The van der Waals surface area contributed by atoms with Gasteiger partial charge in [0.05, 0.1) is 5.92 Å². The van der Waals surface area contributed by atoms with E-state index in [4.69, 9.17) is 4.99 Å². The Morgan fingerprint density at radius 2 is 1.46 bits per heavy atom. The topological polar surface area (TPSA) is 58.5 Å². The molecular weight excluding hydrogens is 446 g/mol. The van der Waals surface area contributed by atoms with E-state index in [9.17, 15) is 18.4 Å². The van der Waals surface area contributed by atoms with E-state index < -0.39 is 35.1 Å². The number of anilines is 1. The number of rotatable bonds is 4. The lowest BCUT2D eigenvalue weighted by Crippen LogP contribution is -2.40. The van der Waals surface area contributed by atoms with Gasteiger partial charge in [0, 0.05) is 29.3 Å². The van der Waals surface area contributed by atoms with Gasteiger partial charge < -0.3 is 5.32 Å². The van der Waals surface area contributed by atoms with Crippen molar-refractivity contribution in [3.8, 4) is 0 Å². The fourth-order valence-corrected chi connectivity index (χ4v) is 5.20. The molecule has 35 heavy (non-hydrogen) atoms. The van der Waals surface area contributed by atoms with Crippen LogP contribution in [-0.2, 0) is 9.59 Å². The molecule has 0 spiro atoms. The zero-order chi connectivity index (χ0) is 24.5. The van der Waals surface area contributed by atoms with E-state index in [1.165, 1.54) is 6.07 Å². The molecular formula is C29H24F2N2O2. The summed E-state index contributed by atoms with van der Waals surface area (Å²) in [5, 5.41) is 2.42. The molecule has 6 heteroatoms. The molecule has 0 bridgehead atoms. The van der Waals surface area contributed by atoms with Gasteiger partial charge in [-0.05, 0) is 42.5 Å². The molecule has 3 aromatic carbocycles. The van der Waals surface area contributed by atoms with Crippen LogP contribution in [0.25, 0.3) is 0 Å². The molecule has 0 saturated heterocycles. The zero-order valence-electron chi connectivity index (χ0n) is 19.2. The van der Waals surface area contributed by atoms with E-state index in [0.29, 0.717) is 29.8 Å². The number of nitrogens with one attached hydrogen (secondary N) is 1. The molecule has 0 fully saturated rings. The molecule has 0 aromatic heterocycles. The Bertz CT molecular complexity index is 1330. The molecule has 3 atom stereocenters. The van der Waals surface area contributed by atoms with Crippen LogP contribution in [0.4, 0.5) is 14.5 Å². The van der Waals surface area contributed by atoms with Gasteiger partial charge in [-0.15, -0.1) is 0 Å². The van der Waals surface area contributed by atoms with Crippen molar-refractivity contribution in [1.29, 1.82) is 0 Å². The highest BCUT2D eigenvalue weighted by atomic mass is 19.1. The molecule has 1 N–H and O–H groups in total. The fraction of sp³-hybridized carbons (Fsp3) is 0.207. The normalized spacial score (nSPS) is 21.9. The minimum Gasteiger partial charge on any atom is -0.321 e. The monoisotopic (exact) mass is 470 g/mol. The fourth-order valence-electron chi connectivity index (χ4n) is 5.20. The van der Waals surface area contributed by atoms with E-state index in [1.807, 2.05) is 60.7 Å². The van der Waals surface area contributed by atoms with Crippen LogP contribution >= 0.6 is 0 Å². The number of carbonyl (C=O) groups is 2. The molecule has 0 saturated carbocycles. The van der Waals surface area contributed by atoms with Crippen molar-refractivity contribution in [3.05, 3.63) is 113 Å². The quantitative estimate of drug-likeness (QED) is 0.495. The van der Waals surface area contributed by atoms with Gasteiger partial charge in [-0.2, -0.15) is 0 Å². The highest BCUT2D eigenvalue weighted by molar-refractivity contribution is 6.13. The van der Waals surface area contributed by atoms with Gasteiger partial charge in [0.25, 0.3) is 0 Å². The Morgan fingerprint density at radius 3 is 2.09 bits per heavy atom. The van der Waals surface area contributed by atoms with Gasteiger partial charge in [0.15, 0.2) is 5.78 Å². The number of carbonyl (C=O) groups excluding carboxylic acids is 2. The van der Waals surface area contributed by atoms with Crippen LogP contribution in [0.1, 0.15) is 42.7 Å². The highest BCUT2D eigenvalue weighted by Gasteiger charge is 2.44. The zero-order valence-corrected chi connectivity index (χ0v) is 19.2. The van der Waals surface area contributed by atoms with Crippen LogP contribution in [0.5, 0.6) is 0 Å². The van der Waals surface area contributed by atoms with E-state index in [-0.39, 0.29) is 11.7 Å². The Morgan fingerprint density at radius 1 is 0.857 bits per heavy atom. The predicted molar refractivity (Wildman–Crippen MR) is 131 cm³/mol. The molecule has 1 heterocycles. The summed E-state index contributed by atoms with van der Waals surface area (Å²) in [4.78, 5) is 31.8. The van der Waals surface area contributed by atoms with Crippen LogP contribution in [0.15, 0.2) is 95.1 Å². The van der Waals surface area contributed by atoms with Gasteiger partial charge in [0.2, 0.25) is 5.91 Å². The number of hydrogen-bond acceptors (Lipinski definition) is 3. The number of nitrogens with zero attached hydrogens (tertiary/aromatic N) is 1. The first-order valence-corrected chi connectivity index (χ1v) is 11.6. The first kappa shape index (κ1) is 22.8. The van der Waals surface area contributed by atoms with Crippen LogP contribution in [-0.4, -0.2) is 17.4 Å². The van der Waals surface area contributed by atoms with E-state index in [2.05, 4.69) is 5.32 Å². The van der Waals surface area contributed by atoms with Gasteiger partial charge in [-0.3, -0.25) is 14.6 Å². The van der Waals surface area contributed by atoms with E-state index >= 15 is 0 Å². The molecule has 1 aliphatic heterocycles. The predicted octanol–water partition coefficient (Wildman–Crippen LogP) is 6.18. The number of para-hydroxylation sites is 1. The second-order valence-electron chi connectivity index (χ2n) is 9.00. The number of benzene rings is 3. The molecule has 176 valence electrons. The van der Waals surface area contributed by atoms with Gasteiger partial charge in [-0.1, -0.05) is 66.7 Å². The number of aliphatic imine (C=N–C) groups is 1. The van der Waals surface area contributed by atoms with E-state index in [0.717, 1.165) is 23.3 Å². The molecule has 1 unspecified atom stereocenters. The Kier molecular flexibility index (Phi) is 6.12. The maximum atomic E-state index is 14.3. The Labute approximate surface area is 202 Å². The van der Waals surface area contributed by atoms with Gasteiger partial charge in [-0.25, -0.2) is 8.78 Å². The van der Waals surface area contributed by atoms with Crippen LogP contribution in [0.3, 0.4) is 0 Å². The summed E-state index contributed by atoms with van der Waals surface area (Å²) in [7, 11) is 0. The molecule has 3 aromatic rings. The average Bonchev–Trinajstić information content (AvgIpc) is 2.86. The van der Waals surface area contributed by atoms with Crippen molar-refractivity contribution in [2.45, 2.75) is 31.6 Å². The third-order valence-electron chi connectivity index (χ3n) is 6.81. The largest absolute Gasteiger partial charge is 0.321 e. The minimum atomic E-state index is -0.882. The maximum Gasteiger partial charge on any atom is 0.234 e. The Balaban J connectivity index is 1.56. The first-order chi connectivity index (χ1) is 16.9. The number of Topliss-reactive ketones (excluding diaryl/α,β-unsaturated/α-hetero) is 1. The first-order valence-electron chi connectivity index (χ1n) is 11.6. The molecule has 0 radical (unpaired) electrons. The summed E-state index contributed by atoms with van der Waals surface area (Å²) in [5.74, 6) is -3.85. The molecule has 2 aliphatic rings. The molecule has 5 rings (SSSR count). The second kappa shape index (κ2) is 9.37. The van der Waals surface area contributed by atoms with Crippen molar-refractivity contribution in [2.75, 3.05) is 5.32 Å². The third-order valence-corrected chi connectivity index (χ3v) is 6.81. The van der Waals surface area contributed by atoms with E-state index in [1.54, 1.807) is 6.92 Å². The highest BCUT2D eigenvalue weighted by Crippen LogP contribution is 2.46. The number of halogens is 2. The smallest absolute Gasteiger partial charge is 0.234 e. The summed E-state index contributed by atoms with van der Waals surface area (Å²) in [6.07, 6.45) is 0.902. The second-order valence-corrected chi connectivity index (χ2v) is 9.00. The summed E-state index contributed by atoms with van der Waals surface area (Å²) in [6.45, 7) is 1.73. The molecule has 4 nitrogen and oxygen atoms in total. The summed E-state index contributed by atoms with van der Waals surface area (Å²) in [6, 6.07) is 22.6. The Hall–Kier alpha value is -3.93. The van der Waals surface area contributed by atoms with Gasteiger partial charge in [0.1, 0.15) is 17.3 Å². The lowest BCUT2D eigenvalue weighted by atomic mass is 9.69. The maximum absolute atomic E-state index is 14.3. The number of hydrogen-bond donors (Lipinski definition) is 1. The van der Waals surface area contributed by atoms with Crippen molar-refractivity contribution in [3.63, 3.8) is 0 Å². The standard InChI is InChI=1S/C29H24F2N2O2/c1-17-25(29(35)33-28-21(30)13-8-14-22(28)31)26(19-11-6-3-7-12-19)27-23(32-17)15-20(16-24(27)34)18-9-4-2-5-10-18/h2-14,20,25-26H,15-16H2,1H3,(H,33,35)/t20-,25?,26+/m1/s1. The average molecular weight is 471 g/mol. The van der Waals surface area contributed by atoms with Crippen LogP contribution < -0.4 is 5.32 Å². The van der Waals surface area contributed by atoms with Crippen molar-refractivity contribution in [2.24, 2.45) is 10.9 Å². The number of amides is 1. The lowest BCUT2D eigenvalue weighted by Gasteiger charge is -2.37. The number of ketones is 1. The van der Waals surface area contributed by atoms with Crippen LogP contribution in [0, 0.1) is 17.6 Å². The summed E-state index contributed by atoms with van der Waals surface area (Å²) in [5.41, 5.74) is 3.07. The SMILES string of the molecule is CC1=NC2=C(C(=O)C[C@H](c3ccccc3)C2)[C@@H](c2ccccc2)C1C(=O)Nc1c(F)cccc1F. The minimum absolute atomic E-state index is 0.00769. The van der Waals surface area contributed by atoms with Crippen molar-refractivity contribution < 1.29 is 18.4 Å². The molecule has 1 amide bonds. The van der Waals surface area contributed by atoms with Crippen LogP contribution in [0.2, 0.25) is 0 Å². The lowest BCUT2D eigenvalue weighted by molar-refractivity contribution is -0.119. The number of allylic oxidation sites excluding steroid dienone is 2. The van der Waals surface area contributed by atoms with Crippen molar-refractivity contribution in [1.82, 2.24) is 0 Å². The van der Waals surface area contributed by atoms with Gasteiger partial charge >= 0.3 is 0 Å². The van der Waals surface area contributed by atoms with Crippen molar-refractivity contribution >= 4 is 23.1 Å². The summed E-state index contributed by atoms with van der Waals surface area (Å²) < 4.78 is 28.6. The third kappa shape index (κ3) is 4.32. The molecule has 1 aliphatic carbocycles. The summed E-state index contributed by atoms with van der Waals surface area (Å²) >= 11 is 0.